The van der Waals surface area contributed by atoms with Crippen LogP contribution in [0.5, 0.6) is 0 Å². The Bertz CT molecular complexity index is 672. The van der Waals surface area contributed by atoms with Crippen molar-refractivity contribution in [1.82, 2.24) is 5.32 Å². The second-order valence-corrected chi connectivity index (χ2v) is 8.63. The van der Waals surface area contributed by atoms with Crippen molar-refractivity contribution in [1.29, 1.82) is 0 Å². The minimum Gasteiger partial charge on any atom is -0.326 e. The lowest BCUT2D eigenvalue weighted by molar-refractivity contribution is -0.120. The zero-order valence-corrected chi connectivity index (χ0v) is 16.0. The first-order chi connectivity index (χ1) is 13.2. The van der Waals surface area contributed by atoms with E-state index in [1.807, 2.05) is 24.3 Å². The first-order valence-electron chi connectivity index (χ1n) is 10.6. The van der Waals surface area contributed by atoms with Crippen LogP contribution in [0.2, 0.25) is 0 Å². The molecule has 2 heterocycles. The number of hydrogen-bond acceptors (Lipinski definition) is 3. The smallest absolute Gasteiger partial charge is 0.227 e. The number of carbonyl (C=O) groups excluding carboxylic acids is 2. The predicted octanol–water partition coefficient (Wildman–Crippen LogP) is 4.06. The molecule has 3 fully saturated rings. The molecule has 3 aliphatic rings. The number of fused-ring (bicyclic) bond motifs is 2. The molecule has 5 heteroatoms. The number of rotatable bonds is 5. The van der Waals surface area contributed by atoms with Gasteiger partial charge < -0.3 is 16.0 Å². The maximum atomic E-state index is 12.5. The summed E-state index contributed by atoms with van der Waals surface area (Å²) in [7, 11) is 0. The molecule has 0 spiro atoms. The number of hydrogen-bond donors (Lipinski definition) is 3. The van der Waals surface area contributed by atoms with Gasteiger partial charge in [-0.25, -0.2) is 0 Å². The maximum Gasteiger partial charge on any atom is 0.227 e. The Morgan fingerprint density at radius 3 is 2.30 bits per heavy atom. The largest absolute Gasteiger partial charge is 0.326 e. The fourth-order valence-electron chi connectivity index (χ4n) is 5.10. The van der Waals surface area contributed by atoms with Gasteiger partial charge >= 0.3 is 0 Å². The SMILES string of the molecule is O=C(CC1CC2CCC(C1)N2)Nc1cccc(NC(=O)C2CCCCC2)c1. The van der Waals surface area contributed by atoms with Gasteiger partial charge in [-0.3, -0.25) is 9.59 Å². The van der Waals surface area contributed by atoms with Gasteiger partial charge in [0.25, 0.3) is 0 Å². The molecule has 1 saturated carbocycles. The van der Waals surface area contributed by atoms with Crippen LogP contribution in [-0.4, -0.2) is 23.9 Å². The Labute approximate surface area is 161 Å². The Balaban J connectivity index is 1.29. The molecular weight excluding hydrogens is 338 g/mol. The first-order valence-corrected chi connectivity index (χ1v) is 10.6. The van der Waals surface area contributed by atoms with Crippen LogP contribution in [0.15, 0.2) is 24.3 Å². The van der Waals surface area contributed by atoms with Crippen LogP contribution < -0.4 is 16.0 Å². The van der Waals surface area contributed by atoms with Crippen LogP contribution in [0.4, 0.5) is 11.4 Å². The maximum absolute atomic E-state index is 12.5. The van der Waals surface area contributed by atoms with E-state index in [9.17, 15) is 9.59 Å². The summed E-state index contributed by atoms with van der Waals surface area (Å²) in [5, 5.41) is 9.67. The number of benzene rings is 1. The predicted molar refractivity (Wildman–Crippen MR) is 108 cm³/mol. The molecule has 2 bridgehead atoms. The molecule has 1 aliphatic carbocycles. The third-order valence-corrected chi connectivity index (χ3v) is 6.43. The molecule has 0 radical (unpaired) electrons. The van der Waals surface area contributed by atoms with E-state index in [-0.39, 0.29) is 17.7 Å². The van der Waals surface area contributed by atoms with Crippen LogP contribution in [0.25, 0.3) is 0 Å². The summed E-state index contributed by atoms with van der Waals surface area (Å²) in [6, 6.07) is 8.75. The number of carbonyl (C=O) groups is 2. The molecule has 2 aliphatic heterocycles. The van der Waals surface area contributed by atoms with E-state index >= 15 is 0 Å². The lowest BCUT2D eigenvalue weighted by atomic mass is 9.88. The van der Waals surface area contributed by atoms with Crippen molar-refractivity contribution < 1.29 is 9.59 Å². The average molecular weight is 370 g/mol. The monoisotopic (exact) mass is 369 g/mol. The van der Waals surface area contributed by atoms with Crippen molar-refractivity contribution in [2.75, 3.05) is 10.6 Å². The molecule has 0 aromatic heterocycles. The van der Waals surface area contributed by atoms with E-state index in [1.165, 1.54) is 19.3 Å². The van der Waals surface area contributed by atoms with Crippen LogP contribution in [0, 0.1) is 11.8 Å². The van der Waals surface area contributed by atoms with Gasteiger partial charge in [0.15, 0.2) is 0 Å². The topological polar surface area (TPSA) is 70.2 Å². The van der Waals surface area contributed by atoms with Gasteiger partial charge in [-0.2, -0.15) is 0 Å². The Kier molecular flexibility index (Phi) is 5.77. The van der Waals surface area contributed by atoms with Gasteiger partial charge in [-0.15, -0.1) is 0 Å². The summed E-state index contributed by atoms with van der Waals surface area (Å²) >= 11 is 0. The summed E-state index contributed by atoms with van der Waals surface area (Å²) in [5.74, 6) is 0.811. The summed E-state index contributed by atoms with van der Waals surface area (Å²) in [6.45, 7) is 0. The third kappa shape index (κ3) is 4.89. The van der Waals surface area contributed by atoms with Crippen molar-refractivity contribution in [3.8, 4) is 0 Å². The standard InChI is InChI=1S/C22H31N3O2/c26-21(13-15-11-19-9-10-20(12-15)23-19)24-17-7-4-8-18(14-17)25-22(27)16-5-2-1-3-6-16/h4,7-8,14-16,19-20,23H,1-3,5-6,9-13H2,(H,24,26)(H,25,27). The summed E-state index contributed by atoms with van der Waals surface area (Å²) < 4.78 is 0. The summed E-state index contributed by atoms with van der Waals surface area (Å²) in [6.07, 6.45) is 10.8. The van der Waals surface area contributed by atoms with Gasteiger partial charge in [-0.1, -0.05) is 25.3 Å². The van der Waals surface area contributed by atoms with Crippen LogP contribution >= 0.6 is 0 Å². The van der Waals surface area contributed by atoms with Gasteiger partial charge in [-0.05, 0) is 62.6 Å². The highest BCUT2D eigenvalue weighted by molar-refractivity contribution is 5.95. The normalized spacial score (nSPS) is 27.9. The van der Waals surface area contributed by atoms with E-state index in [0.717, 1.165) is 49.9 Å². The van der Waals surface area contributed by atoms with E-state index in [2.05, 4.69) is 16.0 Å². The van der Waals surface area contributed by atoms with Gasteiger partial charge in [0.2, 0.25) is 11.8 Å². The highest BCUT2D eigenvalue weighted by Crippen LogP contribution is 2.33. The molecule has 1 aromatic rings. The molecule has 2 atom stereocenters. The second kappa shape index (κ2) is 8.42. The molecule has 2 unspecified atom stereocenters. The molecule has 5 nitrogen and oxygen atoms in total. The molecule has 3 N–H and O–H groups in total. The quantitative estimate of drug-likeness (QED) is 0.733. The van der Waals surface area contributed by atoms with Crippen molar-refractivity contribution in [2.24, 2.45) is 11.8 Å². The average Bonchev–Trinajstić information content (AvgIpc) is 3.01. The fraction of sp³-hybridized carbons (Fsp3) is 0.636. The van der Waals surface area contributed by atoms with Gasteiger partial charge in [0.05, 0.1) is 0 Å². The lowest BCUT2D eigenvalue weighted by Gasteiger charge is -2.28. The number of piperidine rings is 1. The Morgan fingerprint density at radius 1 is 0.926 bits per heavy atom. The Hall–Kier alpha value is -1.88. The Morgan fingerprint density at radius 2 is 1.59 bits per heavy atom. The van der Waals surface area contributed by atoms with Crippen molar-refractivity contribution in [3.05, 3.63) is 24.3 Å². The van der Waals surface area contributed by atoms with Crippen LogP contribution in [-0.2, 0) is 9.59 Å². The fourth-order valence-corrected chi connectivity index (χ4v) is 5.10. The van der Waals surface area contributed by atoms with Crippen molar-refractivity contribution in [3.63, 3.8) is 0 Å². The number of amides is 2. The highest BCUT2D eigenvalue weighted by atomic mass is 16.2. The second-order valence-electron chi connectivity index (χ2n) is 8.63. The molecule has 146 valence electrons. The van der Waals surface area contributed by atoms with E-state index in [4.69, 9.17) is 0 Å². The summed E-state index contributed by atoms with van der Waals surface area (Å²) in [5.41, 5.74) is 1.53. The molecule has 2 saturated heterocycles. The van der Waals surface area contributed by atoms with Crippen LogP contribution in [0.1, 0.15) is 64.2 Å². The summed E-state index contributed by atoms with van der Waals surface area (Å²) in [4.78, 5) is 24.9. The van der Waals surface area contributed by atoms with Crippen LogP contribution in [0.3, 0.4) is 0 Å². The molecule has 27 heavy (non-hydrogen) atoms. The molecule has 4 rings (SSSR count). The highest BCUT2D eigenvalue weighted by Gasteiger charge is 2.34. The third-order valence-electron chi connectivity index (χ3n) is 6.43. The zero-order chi connectivity index (χ0) is 18.6. The van der Waals surface area contributed by atoms with E-state index in [1.54, 1.807) is 0 Å². The van der Waals surface area contributed by atoms with Crippen molar-refractivity contribution >= 4 is 23.2 Å². The lowest BCUT2D eigenvalue weighted by Crippen LogP contribution is -2.39. The van der Waals surface area contributed by atoms with Gasteiger partial charge in [0, 0.05) is 35.8 Å². The van der Waals surface area contributed by atoms with E-state index in [0.29, 0.717) is 24.4 Å². The molecular formula is C22H31N3O2. The first kappa shape index (κ1) is 18.5. The minimum atomic E-state index is 0.0806. The van der Waals surface area contributed by atoms with E-state index < -0.39 is 0 Å². The van der Waals surface area contributed by atoms with Gasteiger partial charge in [0.1, 0.15) is 0 Å². The van der Waals surface area contributed by atoms with Crippen molar-refractivity contribution in [2.45, 2.75) is 76.3 Å². The molecule has 2 amide bonds. The number of nitrogens with one attached hydrogen (secondary N) is 3. The minimum absolute atomic E-state index is 0.0806. The number of anilines is 2. The molecule has 1 aromatic carbocycles. The zero-order valence-electron chi connectivity index (χ0n) is 16.0.